The van der Waals surface area contributed by atoms with Crippen molar-refractivity contribution in [3.05, 3.63) is 30.1 Å². The fourth-order valence-electron chi connectivity index (χ4n) is 3.01. The maximum absolute atomic E-state index is 4.22. The minimum Gasteiger partial charge on any atom is -0.316 e. The minimum atomic E-state index is 0.679. The Balaban J connectivity index is 1.67. The van der Waals surface area contributed by atoms with E-state index in [1.165, 1.54) is 44.3 Å². The maximum atomic E-state index is 4.22. The number of nitrogens with one attached hydrogen (secondary N) is 1. The molecule has 1 aromatic rings. The molecule has 2 heterocycles. The first-order chi connectivity index (χ1) is 7.38. The summed E-state index contributed by atoms with van der Waals surface area (Å²) in [5.41, 5.74) is 2.12. The van der Waals surface area contributed by atoms with Crippen LogP contribution in [-0.4, -0.2) is 18.1 Å². The first-order valence-electron chi connectivity index (χ1n) is 5.99. The van der Waals surface area contributed by atoms with Gasteiger partial charge < -0.3 is 5.32 Å². The summed E-state index contributed by atoms with van der Waals surface area (Å²) in [6.07, 6.45) is 9.42. The molecule has 1 aliphatic heterocycles. The van der Waals surface area contributed by atoms with Gasteiger partial charge in [0.05, 0.1) is 0 Å². The molecule has 0 aromatic carbocycles. The van der Waals surface area contributed by atoms with Crippen LogP contribution >= 0.6 is 0 Å². The largest absolute Gasteiger partial charge is 0.316 e. The fourth-order valence-corrected chi connectivity index (χ4v) is 3.01. The van der Waals surface area contributed by atoms with Crippen molar-refractivity contribution < 1.29 is 0 Å². The molecule has 2 aliphatic rings. The molecule has 0 unspecified atom stereocenters. The van der Waals surface area contributed by atoms with Crippen molar-refractivity contribution >= 4 is 0 Å². The summed E-state index contributed by atoms with van der Waals surface area (Å²) >= 11 is 0. The maximum Gasteiger partial charge on any atom is 0.0302 e. The van der Waals surface area contributed by atoms with E-state index in [4.69, 9.17) is 0 Å². The van der Waals surface area contributed by atoms with Crippen molar-refractivity contribution in [3.8, 4) is 0 Å². The van der Waals surface area contributed by atoms with E-state index in [1.54, 1.807) is 0 Å². The number of rotatable bonds is 1. The molecule has 1 saturated heterocycles. The third kappa shape index (κ3) is 1.67. The van der Waals surface area contributed by atoms with E-state index in [0.29, 0.717) is 5.41 Å². The number of hydrogen-bond acceptors (Lipinski definition) is 2. The van der Waals surface area contributed by atoms with Gasteiger partial charge in [-0.15, -0.1) is 0 Å². The van der Waals surface area contributed by atoms with E-state index >= 15 is 0 Å². The first kappa shape index (κ1) is 9.34. The molecule has 1 aromatic heterocycles. The van der Waals surface area contributed by atoms with Crippen LogP contribution in [0.5, 0.6) is 0 Å². The fraction of sp³-hybridized carbons (Fsp3) is 0.615. The van der Waals surface area contributed by atoms with Gasteiger partial charge in [-0.05, 0) is 48.6 Å². The lowest BCUT2D eigenvalue weighted by Gasteiger charge is -2.47. The van der Waals surface area contributed by atoms with Crippen molar-refractivity contribution in [3.63, 3.8) is 0 Å². The SMILES string of the molecule is c1cncc(C2CCC3(CC2)CNC3)c1. The van der Waals surface area contributed by atoms with E-state index in [1.807, 2.05) is 12.4 Å². The second-order valence-corrected chi connectivity index (χ2v) is 5.16. The summed E-state index contributed by atoms with van der Waals surface area (Å²) in [6.45, 7) is 2.51. The van der Waals surface area contributed by atoms with E-state index in [9.17, 15) is 0 Å². The molecule has 2 fully saturated rings. The van der Waals surface area contributed by atoms with E-state index in [0.717, 1.165) is 5.92 Å². The van der Waals surface area contributed by atoms with Gasteiger partial charge in [-0.25, -0.2) is 0 Å². The number of aromatic nitrogens is 1. The summed E-state index contributed by atoms with van der Waals surface area (Å²) in [7, 11) is 0. The molecule has 1 saturated carbocycles. The summed E-state index contributed by atoms with van der Waals surface area (Å²) in [5, 5.41) is 3.41. The molecule has 80 valence electrons. The lowest BCUT2D eigenvalue weighted by molar-refractivity contribution is 0.0974. The highest BCUT2D eigenvalue weighted by atomic mass is 15.0. The molecular weight excluding hydrogens is 184 g/mol. The van der Waals surface area contributed by atoms with Crippen LogP contribution in [0, 0.1) is 5.41 Å². The molecule has 1 N–H and O–H groups in total. The van der Waals surface area contributed by atoms with Gasteiger partial charge in [0.25, 0.3) is 0 Å². The lowest BCUT2D eigenvalue weighted by Crippen LogP contribution is -2.54. The van der Waals surface area contributed by atoms with Gasteiger partial charge in [-0.2, -0.15) is 0 Å². The Morgan fingerprint density at radius 2 is 2.07 bits per heavy atom. The molecule has 3 rings (SSSR count). The highest BCUT2D eigenvalue weighted by molar-refractivity contribution is 5.16. The Labute approximate surface area is 91.1 Å². The van der Waals surface area contributed by atoms with Gasteiger partial charge in [0.1, 0.15) is 0 Å². The van der Waals surface area contributed by atoms with E-state index in [-0.39, 0.29) is 0 Å². The average Bonchev–Trinajstić information content (AvgIpc) is 2.28. The summed E-state index contributed by atoms with van der Waals surface area (Å²) in [6, 6.07) is 4.29. The van der Waals surface area contributed by atoms with Gasteiger partial charge >= 0.3 is 0 Å². The van der Waals surface area contributed by atoms with Crippen LogP contribution in [0.3, 0.4) is 0 Å². The van der Waals surface area contributed by atoms with Gasteiger partial charge in [0, 0.05) is 25.5 Å². The zero-order chi connectivity index (χ0) is 10.1. The van der Waals surface area contributed by atoms with Crippen LogP contribution in [0.1, 0.15) is 37.2 Å². The molecule has 0 bridgehead atoms. The molecule has 0 radical (unpaired) electrons. The quantitative estimate of drug-likeness (QED) is 0.756. The van der Waals surface area contributed by atoms with Crippen LogP contribution in [-0.2, 0) is 0 Å². The highest BCUT2D eigenvalue weighted by Crippen LogP contribution is 2.44. The Morgan fingerprint density at radius 3 is 2.60 bits per heavy atom. The number of nitrogens with zero attached hydrogens (tertiary/aromatic N) is 1. The third-order valence-corrected chi connectivity index (χ3v) is 4.20. The number of hydrogen-bond donors (Lipinski definition) is 1. The summed E-state index contributed by atoms with van der Waals surface area (Å²) < 4.78 is 0. The van der Waals surface area contributed by atoms with E-state index < -0.39 is 0 Å². The normalized spacial score (nSPS) is 25.1. The second-order valence-electron chi connectivity index (χ2n) is 5.16. The Kier molecular flexibility index (Phi) is 2.24. The third-order valence-electron chi connectivity index (χ3n) is 4.20. The molecule has 1 aliphatic carbocycles. The topological polar surface area (TPSA) is 24.9 Å². The van der Waals surface area contributed by atoms with Crippen molar-refractivity contribution in [2.45, 2.75) is 31.6 Å². The smallest absolute Gasteiger partial charge is 0.0302 e. The molecule has 2 nitrogen and oxygen atoms in total. The molecule has 1 spiro atoms. The lowest BCUT2D eigenvalue weighted by atomic mass is 9.66. The molecule has 0 atom stereocenters. The molecule has 2 heteroatoms. The zero-order valence-electron chi connectivity index (χ0n) is 9.08. The van der Waals surface area contributed by atoms with Crippen molar-refractivity contribution in [2.75, 3.05) is 13.1 Å². The van der Waals surface area contributed by atoms with Crippen molar-refractivity contribution in [2.24, 2.45) is 5.41 Å². The van der Waals surface area contributed by atoms with Crippen LogP contribution in [0.4, 0.5) is 0 Å². The first-order valence-corrected chi connectivity index (χ1v) is 5.99. The predicted molar refractivity (Wildman–Crippen MR) is 60.7 cm³/mol. The molecular formula is C13H18N2. The molecule has 0 amide bonds. The Hall–Kier alpha value is -0.890. The van der Waals surface area contributed by atoms with Gasteiger partial charge in [0.2, 0.25) is 0 Å². The van der Waals surface area contributed by atoms with Crippen LogP contribution in [0.2, 0.25) is 0 Å². The van der Waals surface area contributed by atoms with Gasteiger partial charge in [0.15, 0.2) is 0 Å². The van der Waals surface area contributed by atoms with Crippen molar-refractivity contribution in [1.82, 2.24) is 10.3 Å². The minimum absolute atomic E-state index is 0.679. The monoisotopic (exact) mass is 202 g/mol. The Morgan fingerprint density at radius 1 is 1.27 bits per heavy atom. The highest BCUT2D eigenvalue weighted by Gasteiger charge is 2.40. The van der Waals surface area contributed by atoms with Crippen LogP contribution in [0.25, 0.3) is 0 Å². The van der Waals surface area contributed by atoms with E-state index in [2.05, 4.69) is 22.4 Å². The van der Waals surface area contributed by atoms with Crippen LogP contribution < -0.4 is 5.32 Å². The molecule has 15 heavy (non-hydrogen) atoms. The Bertz CT molecular complexity index is 320. The summed E-state index contributed by atoms with van der Waals surface area (Å²) in [5.74, 6) is 0.768. The predicted octanol–water partition coefficient (Wildman–Crippen LogP) is 2.33. The standard InChI is InChI=1S/C13H18N2/c1-2-12(8-14-7-1)11-3-5-13(6-4-11)9-15-10-13/h1-2,7-8,11,15H,3-6,9-10H2. The summed E-state index contributed by atoms with van der Waals surface area (Å²) in [4.78, 5) is 4.22. The average molecular weight is 202 g/mol. The van der Waals surface area contributed by atoms with Gasteiger partial charge in [-0.1, -0.05) is 6.07 Å². The van der Waals surface area contributed by atoms with Gasteiger partial charge in [-0.3, -0.25) is 4.98 Å². The second kappa shape index (κ2) is 3.60. The number of pyridine rings is 1. The van der Waals surface area contributed by atoms with Crippen molar-refractivity contribution in [1.29, 1.82) is 0 Å². The zero-order valence-corrected chi connectivity index (χ0v) is 9.08. The van der Waals surface area contributed by atoms with Crippen LogP contribution in [0.15, 0.2) is 24.5 Å².